The number of carbonyl (C=O) groups excluding carboxylic acids is 1. The standard InChI is InChI=1S/C14H20N2O2/c1-11(18)12-4-2-5-13(8-12)16-7-3-6-15-9-14(16)10-17/h2,4-5,8,14-15,17H,3,6-7,9-10H2,1H3. The van der Waals surface area contributed by atoms with Crippen molar-refractivity contribution in [3.63, 3.8) is 0 Å². The highest BCUT2D eigenvalue weighted by Crippen LogP contribution is 2.20. The molecule has 4 heteroatoms. The van der Waals surface area contributed by atoms with Crippen molar-refractivity contribution in [2.45, 2.75) is 19.4 Å². The van der Waals surface area contributed by atoms with E-state index in [1.54, 1.807) is 6.92 Å². The maximum Gasteiger partial charge on any atom is 0.159 e. The van der Waals surface area contributed by atoms with Crippen LogP contribution >= 0.6 is 0 Å². The number of carbonyl (C=O) groups is 1. The molecule has 1 atom stereocenters. The Morgan fingerprint density at radius 3 is 3.11 bits per heavy atom. The summed E-state index contributed by atoms with van der Waals surface area (Å²) in [4.78, 5) is 13.6. The van der Waals surface area contributed by atoms with Crippen molar-refractivity contribution >= 4 is 11.5 Å². The smallest absolute Gasteiger partial charge is 0.159 e. The molecule has 0 amide bonds. The van der Waals surface area contributed by atoms with Gasteiger partial charge in [0.05, 0.1) is 12.6 Å². The second-order valence-corrected chi connectivity index (χ2v) is 4.69. The first-order valence-electron chi connectivity index (χ1n) is 6.41. The minimum absolute atomic E-state index is 0.0744. The molecule has 1 aromatic carbocycles. The molecule has 1 aromatic rings. The van der Waals surface area contributed by atoms with E-state index < -0.39 is 0 Å². The van der Waals surface area contributed by atoms with Crippen LogP contribution in [0.2, 0.25) is 0 Å². The minimum Gasteiger partial charge on any atom is -0.394 e. The highest BCUT2D eigenvalue weighted by atomic mass is 16.3. The van der Waals surface area contributed by atoms with Crippen LogP contribution in [0.5, 0.6) is 0 Å². The SMILES string of the molecule is CC(=O)c1cccc(N2CCCNCC2CO)c1. The number of anilines is 1. The van der Waals surface area contributed by atoms with Gasteiger partial charge >= 0.3 is 0 Å². The van der Waals surface area contributed by atoms with E-state index in [9.17, 15) is 9.90 Å². The third-order valence-corrected chi connectivity index (χ3v) is 3.37. The van der Waals surface area contributed by atoms with E-state index in [0.717, 1.165) is 37.3 Å². The van der Waals surface area contributed by atoms with Crippen LogP contribution in [0, 0.1) is 0 Å². The van der Waals surface area contributed by atoms with Gasteiger partial charge in [-0.15, -0.1) is 0 Å². The quantitative estimate of drug-likeness (QED) is 0.785. The number of aliphatic hydroxyl groups is 1. The van der Waals surface area contributed by atoms with Gasteiger partial charge in [-0.3, -0.25) is 4.79 Å². The molecule has 1 saturated heterocycles. The normalized spacial score (nSPS) is 20.6. The van der Waals surface area contributed by atoms with Gasteiger partial charge in [0.1, 0.15) is 0 Å². The van der Waals surface area contributed by atoms with Crippen molar-refractivity contribution in [3.8, 4) is 0 Å². The molecule has 2 N–H and O–H groups in total. The van der Waals surface area contributed by atoms with E-state index in [4.69, 9.17) is 0 Å². The van der Waals surface area contributed by atoms with Gasteiger partial charge in [0.25, 0.3) is 0 Å². The van der Waals surface area contributed by atoms with E-state index in [1.165, 1.54) is 0 Å². The Balaban J connectivity index is 2.26. The van der Waals surface area contributed by atoms with Crippen LogP contribution in [-0.4, -0.2) is 43.2 Å². The van der Waals surface area contributed by atoms with Crippen LogP contribution in [0.4, 0.5) is 5.69 Å². The van der Waals surface area contributed by atoms with Gasteiger partial charge in [-0.25, -0.2) is 0 Å². The summed E-state index contributed by atoms with van der Waals surface area (Å²) in [6, 6.07) is 7.72. The maximum absolute atomic E-state index is 11.4. The predicted octanol–water partition coefficient (Wildman–Crippen LogP) is 1.05. The molecule has 1 heterocycles. The first-order valence-corrected chi connectivity index (χ1v) is 6.41. The molecule has 0 aliphatic carbocycles. The molecular formula is C14H20N2O2. The van der Waals surface area contributed by atoms with Crippen LogP contribution in [0.3, 0.4) is 0 Å². The number of nitrogens with zero attached hydrogens (tertiary/aromatic N) is 1. The Morgan fingerprint density at radius 1 is 1.56 bits per heavy atom. The van der Waals surface area contributed by atoms with Gasteiger partial charge in [-0.1, -0.05) is 12.1 Å². The van der Waals surface area contributed by atoms with Gasteiger partial charge in [0.15, 0.2) is 5.78 Å². The van der Waals surface area contributed by atoms with E-state index in [-0.39, 0.29) is 18.4 Å². The lowest BCUT2D eigenvalue weighted by molar-refractivity contribution is 0.101. The van der Waals surface area contributed by atoms with Gasteiger partial charge in [-0.2, -0.15) is 0 Å². The van der Waals surface area contributed by atoms with Crippen molar-refractivity contribution in [2.75, 3.05) is 31.1 Å². The third-order valence-electron chi connectivity index (χ3n) is 3.37. The fourth-order valence-corrected chi connectivity index (χ4v) is 2.34. The number of hydrogen-bond donors (Lipinski definition) is 2. The van der Waals surface area contributed by atoms with Crippen molar-refractivity contribution in [2.24, 2.45) is 0 Å². The van der Waals surface area contributed by atoms with E-state index in [2.05, 4.69) is 10.2 Å². The summed E-state index contributed by atoms with van der Waals surface area (Å²) >= 11 is 0. The monoisotopic (exact) mass is 248 g/mol. The molecule has 1 aliphatic rings. The average Bonchev–Trinajstić information content (AvgIpc) is 2.63. The number of rotatable bonds is 3. The van der Waals surface area contributed by atoms with Crippen molar-refractivity contribution in [1.82, 2.24) is 5.32 Å². The molecule has 4 nitrogen and oxygen atoms in total. The van der Waals surface area contributed by atoms with Crippen LogP contribution in [0.1, 0.15) is 23.7 Å². The van der Waals surface area contributed by atoms with Crippen LogP contribution < -0.4 is 10.2 Å². The maximum atomic E-state index is 11.4. The second-order valence-electron chi connectivity index (χ2n) is 4.69. The largest absolute Gasteiger partial charge is 0.394 e. The number of Topliss-reactive ketones (excluding diaryl/α,β-unsaturated/α-hetero) is 1. The molecule has 1 aliphatic heterocycles. The third kappa shape index (κ3) is 2.89. The Kier molecular flexibility index (Phi) is 4.33. The van der Waals surface area contributed by atoms with Gasteiger partial charge in [0.2, 0.25) is 0 Å². The van der Waals surface area contributed by atoms with Crippen LogP contribution in [-0.2, 0) is 0 Å². The molecule has 1 fully saturated rings. The lowest BCUT2D eigenvalue weighted by Gasteiger charge is -2.30. The number of benzene rings is 1. The lowest BCUT2D eigenvalue weighted by Crippen LogP contribution is -2.42. The molecule has 0 radical (unpaired) electrons. The van der Waals surface area contributed by atoms with Crippen LogP contribution in [0.15, 0.2) is 24.3 Å². The van der Waals surface area contributed by atoms with Crippen LogP contribution in [0.25, 0.3) is 0 Å². The average molecular weight is 248 g/mol. The Hall–Kier alpha value is -1.39. The van der Waals surface area contributed by atoms with Crippen molar-refractivity contribution < 1.29 is 9.90 Å². The number of aliphatic hydroxyl groups excluding tert-OH is 1. The Labute approximate surface area is 108 Å². The summed E-state index contributed by atoms with van der Waals surface area (Å²) < 4.78 is 0. The summed E-state index contributed by atoms with van der Waals surface area (Å²) in [5.74, 6) is 0.0744. The minimum atomic E-state index is 0.0744. The molecular weight excluding hydrogens is 228 g/mol. The molecule has 1 unspecified atom stereocenters. The zero-order valence-electron chi connectivity index (χ0n) is 10.7. The summed E-state index contributed by atoms with van der Waals surface area (Å²) in [6.07, 6.45) is 1.04. The summed E-state index contributed by atoms with van der Waals surface area (Å²) in [7, 11) is 0. The highest BCUT2D eigenvalue weighted by Gasteiger charge is 2.20. The van der Waals surface area contributed by atoms with E-state index in [0.29, 0.717) is 0 Å². The van der Waals surface area contributed by atoms with E-state index >= 15 is 0 Å². The number of nitrogens with one attached hydrogen (secondary N) is 1. The molecule has 98 valence electrons. The first kappa shape index (κ1) is 13.1. The molecule has 18 heavy (non-hydrogen) atoms. The molecule has 0 spiro atoms. The highest BCUT2D eigenvalue weighted by molar-refractivity contribution is 5.95. The van der Waals surface area contributed by atoms with Crippen molar-refractivity contribution in [1.29, 1.82) is 0 Å². The zero-order chi connectivity index (χ0) is 13.0. The molecule has 0 bridgehead atoms. The Bertz CT molecular complexity index is 420. The Morgan fingerprint density at radius 2 is 2.39 bits per heavy atom. The molecule has 2 rings (SSSR count). The summed E-state index contributed by atoms with van der Waals surface area (Å²) in [5.41, 5.74) is 1.74. The predicted molar refractivity (Wildman–Crippen MR) is 72.2 cm³/mol. The second kappa shape index (κ2) is 5.98. The van der Waals surface area contributed by atoms with Crippen molar-refractivity contribution in [3.05, 3.63) is 29.8 Å². The molecule has 0 aromatic heterocycles. The van der Waals surface area contributed by atoms with Gasteiger partial charge in [0, 0.05) is 24.3 Å². The zero-order valence-corrected chi connectivity index (χ0v) is 10.7. The number of ketones is 1. The number of hydrogen-bond acceptors (Lipinski definition) is 4. The summed E-state index contributed by atoms with van der Waals surface area (Å²) in [5, 5.41) is 12.8. The summed E-state index contributed by atoms with van der Waals surface area (Å²) in [6.45, 7) is 4.35. The topological polar surface area (TPSA) is 52.6 Å². The lowest BCUT2D eigenvalue weighted by atomic mass is 10.1. The fourth-order valence-electron chi connectivity index (χ4n) is 2.34. The first-order chi connectivity index (χ1) is 8.72. The molecule has 0 saturated carbocycles. The van der Waals surface area contributed by atoms with Gasteiger partial charge < -0.3 is 15.3 Å². The van der Waals surface area contributed by atoms with E-state index in [1.807, 2.05) is 24.3 Å². The van der Waals surface area contributed by atoms with Gasteiger partial charge in [-0.05, 0) is 32.0 Å². The fraction of sp³-hybridized carbons (Fsp3) is 0.500.